The molecule has 0 spiro atoms. The fraction of sp³-hybridized carbons (Fsp3) is 0.438. The van der Waals surface area contributed by atoms with E-state index in [2.05, 4.69) is 20.8 Å². The number of halogens is 1. The molecule has 0 aliphatic heterocycles. The number of hydrogen-bond acceptors (Lipinski definition) is 7. The third-order valence-corrected chi connectivity index (χ3v) is 4.97. The van der Waals surface area contributed by atoms with Gasteiger partial charge in [0, 0.05) is 5.02 Å². The van der Waals surface area contributed by atoms with Crippen LogP contribution in [-0.2, 0) is 14.3 Å². The minimum atomic E-state index is -0.679. The quantitative estimate of drug-likeness (QED) is 0.538. The lowest BCUT2D eigenvalue weighted by Gasteiger charge is -2.21. The van der Waals surface area contributed by atoms with Crippen LogP contribution in [0, 0.1) is 5.92 Å². The van der Waals surface area contributed by atoms with Gasteiger partial charge in [0.2, 0.25) is 11.1 Å². The smallest absolute Gasteiger partial charge is 0.328 e. The van der Waals surface area contributed by atoms with Crippen LogP contribution in [-0.4, -0.2) is 51.0 Å². The van der Waals surface area contributed by atoms with Crippen LogP contribution < -0.4 is 5.32 Å². The molecule has 0 radical (unpaired) electrons. The fourth-order valence-corrected chi connectivity index (χ4v) is 3.07. The molecule has 8 nitrogen and oxygen atoms in total. The molecule has 26 heavy (non-hydrogen) atoms. The number of methoxy groups -OCH3 is 1. The molecule has 0 unspecified atom stereocenters. The van der Waals surface area contributed by atoms with Gasteiger partial charge in [-0.05, 0) is 34.5 Å². The van der Waals surface area contributed by atoms with Crippen molar-refractivity contribution in [2.75, 3.05) is 12.9 Å². The van der Waals surface area contributed by atoms with Crippen molar-refractivity contribution in [1.29, 1.82) is 0 Å². The van der Waals surface area contributed by atoms with Gasteiger partial charge in [0.15, 0.2) is 0 Å². The predicted molar refractivity (Wildman–Crippen MR) is 98.3 cm³/mol. The Morgan fingerprint density at radius 1 is 1.42 bits per heavy atom. The predicted octanol–water partition coefficient (Wildman–Crippen LogP) is 2.11. The van der Waals surface area contributed by atoms with Gasteiger partial charge in [-0.15, -0.1) is 5.10 Å². The summed E-state index contributed by atoms with van der Waals surface area (Å²) in [5, 5.41) is 15.2. The molecule has 1 heterocycles. The summed E-state index contributed by atoms with van der Waals surface area (Å²) in [6.07, 6.45) is 0.736. The van der Waals surface area contributed by atoms with Gasteiger partial charge in [0.25, 0.3) is 0 Å². The van der Waals surface area contributed by atoms with E-state index in [4.69, 9.17) is 16.3 Å². The molecule has 140 valence electrons. The van der Waals surface area contributed by atoms with Crippen LogP contribution in [0.25, 0.3) is 5.69 Å². The van der Waals surface area contributed by atoms with E-state index in [-0.39, 0.29) is 17.6 Å². The Kier molecular flexibility index (Phi) is 7.40. The van der Waals surface area contributed by atoms with E-state index in [1.807, 2.05) is 19.9 Å². The van der Waals surface area contributed by atoms with Crippen molar-refractivity contribution < 1.29 is 14.3 Å². The summed E-state index contributed by atoms with van der Waals surface area (Å²) >= 11 is 7.15. The number of thioether (sulfide) groups is 1. The molecule has 0 bridgehead atoms. The highest BCUT2D eigenvalue weighted by molar-refractivity contribution is 7.99. The topological polar surface area (TPSA) is 99.0 Å². The Hall–Kier alpha value is -2.13. The van der Waals surface area contributed by atoms with Crippen LogP contribution in [0.5, 0.6) is 0 Å². The lowest BCUT2D eigenvalue weighted by atomic mass is 9.99. The van der Waals surface area contributed by atoms with E-state index in [9.17, 15) is 9.59 Å². The van der Waals surface area contributed by atoms with Crippen molar-refractivity contribution in [3.63, 3.8) is 0 Å². The standard InChI is InChI=1S/C16H20ClN5O3S/c1-4-10(2)14(15(24)25-3)18-13(23)9-26-16-19-20-21-22(16)12-7-5-6-11(17)8-12/h5-8,10,14H,4,9H2,1-3H3,(H,18,23)/t10-,14-/m0/s1. The molecular formula is C16H20ClN5O3S. The lowest BCUT2D eigenvalue weighted by molar-refractivity contribution is -0.146. The normalized spacial score (nSPS) is 13.1. The zero-order valence-electron chi connectivity index (χ0n) is 14.7. The van der Waals surface area contributed by atoms with Crippen molar-refractivity contribution in [3.05, 3.63) is 29.3 Å². The number of tetrazole rings is 1. The zero-order valence-corrected chi connectivity index (χ0v) is 16.3. The summed E-state index contributed by atoms with van der Waals surface area (Å²) < 4.78 is 6.26. The second kappa shape index (κ2) is 9.54. The summed E-state index contributed by atoms with van der Waals surface area (Å²) in [5.74, 6) is -0.730. The number of hydrogen-bond donors (Lipinski definition) is 1. The van der Waals surface area contributed by atoms with Crippen LogP contribution in [0.2, 0.25) is 5.02 Å². The van der Waals surface area contributed by atoms with Crippen LogP contribution in [0.4, 0.5) is 0 Å². The fourth-order valence-electron chi connectivity index (χ4n) is 2.18. The monoisotopic (exact) mass is 397 g/mol. The van der Waals surface area contributed by atoms with Gasteiger partial charge in [0.05, 0.1) is 18.6 Å². The molecule has 1 aromatic carbocycles. The van der Waals surface area contributed by atoms with Crippen LogP contribution in [0.1, 0.15) is 20.3 Å². The maximum Gasteiger partial charge on any atom is 0.328 e. The molecule has 1 N–H and O–H groups in total. The Labute approximate surface area is 160 Å². The number of carbonyl (C=O) groups excluding carboxylic acids is 2. The number of ether oxygens (including phenoxy) is 1. The summed E-state index contributed by atoms with van der Waals surface area (Å²) in [5.41, 5.74) is 0.692. The van der Waals surface area contributed by atoms with Crippen molar-refractivity contribution in [1.82, 2.24) is 25.5 Å². The molecule has 0 aliphatic carbocycles. The number of carbonyl (C=O) groups is 2. The second-order valence-corrected chi connectivity index (χ2v) is 6.97. The first-order valence-electron chi connectivity index (χ1n) is 8.00. The third kappa shape index (κ3) is 5.18. The Morgan fingerprint density at radius 2 is 2.19 bits per heavy atom. The zero-order chi connectivity index (χ0) is 19.1. The van der Waals surface area contributed by atoms with E-state index < -0.39 is 12.0 Å². The average molecular weight is 398 g/mol. The molecule has 2 atom stereocenters. The minimum absolute atomic E-state index is 0.0341. The number of nitrogens with zero attached hydrogens (tertiary/aromatic N) is 4. The number of aromatic nitrogens is 4. The number of nitrogens with one attached hydrogen (secondary N) is 1. The highest BCUT2D eigenvalue weighted by atomic mass is 35.5. The molecule has 0 fully saturated rings. The molecule has 0 saturated carbocycles. The maximum absolute atomic E-state index is 12.3. The first-order valence-corrected chi connectivity index (χ1v) is 9.37. The summed E-state index contributed by atoms with van der Waals surface area (Å²) in [4.78, 5) is 24.1. The van der Waals surface area contributed by atoms with Gasteiger partial charge in [-0.2, -0.15) is 4.68 Å². The molecule has 2 rings (SSSR count). The van der Waals surface area contributed by atoms with Gasteiger partial charge in [-0.3, -0.25) is 4.79 Å². The third-order valence-electron chi connectivity index (χ3n) is 3.81. The van der Waals surface area contributed by atoms with E-state index in [0.717, 1.165) is 18.2 Å². The van der Waals surface area contributed by atoms with Gasteiger partial charge in [0.1, 0.15) is 6.04 Å². The summed E-state index contributed by atoms with van der Waals surface area (Å²) in [6, 6.07) is 6.38. The van der Waals surface area contributed by atoms with Crippen molar-refractivity contribution >= 4 is 35.2 Å². The highest BCUT2D eigenvalue weighted by Gasteiger charge is 2.26. The molecule has 1 amide bonds. The van der Waals surface area contributed by atoms with E-state index in [1.54, 1.807) is 18.2 Å². The van der Waals surface area contributed by atoms with E-state index in [1.165, 1.54) is 11.8 Å². The minimum Gasteiger partial charge on any atom is -0.467 e. The maximum atomic E-state index is 12.3. The second-order valence-electron chi connectivity index (χ2n) is 5.60. The van der Waals surface area contributed by atoms with Crippen LogP contribution >= 0.6 is 23.4 Å². The molecule has 1 aromatic heterocycles. The Morgan fingerprint density at radius 3 is 2.85 bits per heavy atom. The molecule has 0 aliphatic rings. The number of amides is 1. The summed E-state index contributed by atoms with van der Waals surface area (Å²) in [7, 11) is 1.30. The van der Waals surface area contributed by atoms with Crippen LogP contribution in [0.15, 0.2) is 29.4 Å². The average Bonchev–Trinajstić information content (AvgIpc) is 3.11. The van der Waals surface area contributed by atoms with Gasteiger partial charge in [-0.1, -0.05) is 49.7 Å². The van der Waals surface area contributed by atoms with Crippen LogP contribution in [0.3, 0.4) is 0 Å². The first kappa shape index (κ1) is 20.2. The van der Waals surface area contributed by atoms with Gasteiger partial charge in [-0.25, -0.2) is 4.79 Å². The largest absolute Gasteiger partial charge is 0.467 e. The van der Waals surface area contributed by atoms with Crippen molar-refractivity contribution in [2.45, 2.75) is 31.5 Å². The molecule has 10 heteroatoms. The molecule has 0 saturated heterocycles. The lowest BCUT2D eigenvalue weighted by Crippen LogP contribution is -2.46. The molecular weight excluding hydrogens is 378 g/mol. The number of benzene rings is 1. The van der Waals surface area contributed by atoms with E-state index in [0.29, 0.717) is 15.9 Å². The Balaban J connectivity index is 2.02. The number of esters is 1. The summed E-state index contributed by atoms with van der Waals surface area (Å²) in [6.45, 7) is 3.83. The van der Waals surface area contributed by atoms with Gasteiger partial charge < -0.3 is 10.1 Å². The SMILES string of the molecule is CC[C@H](C)[C@H](NC(=O)CSc1nnnn1-c1cccc(Cl)c1)C(=O)OC. The van der Waals surface area contributed by atoms with Crippen molar-refractivity contribution in [3.8, 4) is 5.69 Å². The molecule has 2 aromatic rings. The van der Waals surface area contributed by atoms with Gasteiger partial charge >= 0.3 is 5.97 Å². The number of rotatable bonds is 8. The highest BCUT2D eigenvalue weighted by Crippen LogP contribution is 2.20. The van der Waals surface area contributed by atoms with Crippen molar-refractivity contribution in [2.24, 2.45) is 5.92 Å². The van der Waals surface area contributed by atoms with E-state index >= 15 is 0 Å². The first-order chi connectivity index (χ1) is 12.5. The Bertz CT molecular complexity index is 770.